The molecule has 2 amide bonds. The van der Waals surface area contributed by atoms with E-state index in [1.165, 1.54) is 27.1 Å². The zero-order valence-electron chi connectivity index (χ0n) is 12.8. The molecular weight excluding hydrogens is 320 g/mol. The highest BCUT2D eigenvalue weighted by Crippen LogP contribution is 2.18. The van der Waals surface area contributed by atoms with E-state index in [0.29, 0.717) is 11.4 Å². The number of hydrogen-bond acceptors (Lipinski definition) is 4. The Labute approximate surface area is 134 Å². The Morgan fingerprint density at radius 3 is 2.13 bits per heavy atom. The van der Waals surface area contributed by atoms with E-state index in [2.05, 4.69) is 15.0 Å². The Morgan fingerprint density at radius 1 is 1.09 bits per heavy atom. The molecule has 0 bridgehead atoms. The van der Waals surface area contributed by atoms with E-state index in [0.717, 1.165) is 4.31 Å². The van der Waals surface area contributed by atoms with Crippen LogP contribution in [-0.4, -0.2) is 37.3 Å². The van der Waals surface area contributed by atoms with Gasteiger partial charge < -0.3 is 10.6 Å². The first-order valence-corrected chi connectivity index (χ1v) is 8.04. The van der Waals surface area contributed by atoms with Crippen molar-refractivity contribution in [3.05, 3.63) is 36.0 Å². The first kappa shape index (κ1) is 16.7. The van der Waals surface area contributed by atoms with Crippen molar-refractivity contribution in [2.24, 2.45) is 4.40 Å². The molecule has 0 unspecified atom stereocenters. The first-order chi connectivity index (χ1) is 10.7. The van der Waals surface area contributed by atoms with Crippen molar-refractivity contribution in [3.63, 3.8) is 0 Å². The molecule has 0 atom stereocenters. The average Bonchev–Trinajstić information content (AvgIpc) is 2.44. The summed E-state index contributed by atoms with van der Waals surface area (Å²) in [6, 6.07) is 6.53. The van der Waals surface area contributed by atoms with Crippen molar-refractivity contribution in [2.75, 3.05) is 17.7 Å². The van der Waals surface area contributed by atoms with Crippen molar-refractivity contribution in [3.8, 4) is 0 Å². The SMILES string of the molecule is CC(=O)Nc1ccc(NC(=O)C2=CN(C)S(=O)(=O)N=C2C)cc1. The number of amides is 2. The van der Waals surface area contributed by atoms with E-state index in [9.17, 15) is 18.0 Å². The third kappa shape index (κ3) is 3.95. The fourth-order valence-electron chi connectivity index (χ4n) is 1.89. The van der Waals surface area contributed by atoms with Gasteiger partial charge in [-0.25, -0.2) is 0 Å². The van der Waals surface area contributed by atoms with Crippen LogP contribution < -0.4 is 10.6 Å². The van der Waals surface area contributed by atoms with Gasteiger partial charge in [-0.1, -0.05) is 0 Å². The maximum Gasteiger partial charge on any atom is 0.344 e. The van der Waals surface area contributed by atoms with Gasteiger partial charge >= 0.3 is 10.2 Å². The third-order valence-electron chi connectivity index (χ3n) is 3.02. The Balaban J connectivity index is 2.13. The number of nitrogens with one attached hydrogen (secondary N) is 2. The van der Waals surface area contributed by atoms with Crippen LogP contribution in [0.4, 0.5) is 11.4 Å². The molecule has 0 saturated carbocycles. The number of hydrogen-bond donors (Lipinski definition) is 2. The minimum Gasteiger partial charge on any atom is -0.326 e. The van der Waals surface area contributed by atoms with Gasteiger partial charge in [-0.3, -0.25) is 13.9 Å². The van der Waals surface area contributed by atoms with Gasteiger partial charge in [0.1, 0.15) is 0 Å². The zero-order chi connectivity index (χ0) is 17.2. The van der Waals surface area contributed by atoms with E-state index < -0.39 is 16.1 Å². The monoisotopic (exact) mass is 336 g/mol. The normalized spacial score (nSPS) is 16.2. The molecule has 1 aliphatic rings. The topological polar surface area (TPSA) is 108 Å². The highest BCUT2D eigenvalue weighted by Gasteiger charge is 2.25. The fourth-order valence-corrected chi connectivity index (χ4v) is 2.70. The Morgan fingerprint density at radius 2 is 1.61 bits per heavy atom. The molecule has 0 aromatic heterocycles. The minimum atomic E-state index is -3.74. The summed E-state index contributed by atoms with van der Waals surface area (Å²) < 4.78 is 27.6. The summed E-state index contributed by atoms with van der Waals surface area (Å²) in [5.41, 5.74) is 1.40. The molecule has 0 radical (unpaired) electrons. The number of carbonyl (C=O) groups excluding carboxylic acids is 2. The van der Waals surface area contributed by atoms with E-state index in [1.807, 2.05) is 0 Å². The van der Waals surface area contributed by atoms with Gasteiger partial charge in [0.2, 0.25) is 5.91 Å². The van der Waals surface area contributed by atoms with Crippen LogP contribution in [0.5, 0.6) is 0 Å². The second-order valence-electron chi connectivity index (χ2n) is 4.93. The van der Waals surface area contributed by atoms with Gasteiger partial charge in [-0.2, -0.15) is 8.42 Å². The maximum atomic E-state index is 12.2. The van der Waals surface area contributed by atoms with Crippen LogP contribution in [0.25, 0.3) is 0 Å². The lowest BCUT2D eigenvalue weighted by Gasteiger charge is -2.19. The van der Waals surface area contributed by atoms with Crippen LogP contribution in [0.1, 0.15) is 13.8 Å². The quantitative estimate of drug-likeness (QED) is 0.862. The predicted octanol–water partition coefficient (Wildman–Crippen LogP) is 1.12. The van der Waals surface area contributed by atoms with E-state index >= 15 is 0 Å². The number of carbonyl (C=O) groups is 2. The van der Waals surface area contributed by atoms with Gasteiger partial charge in [0, 0.05) is 31.5 Å². The van der Waals surface area contributed by atoms with Crippen molar-refractivity contribution >= 4 is 39.1 Å². The molecule has 9 heteroatoms. The van der Waals surface area contributed by atoms with Gasteiger partial charge in [0.15, 0.2) is 0 Å². The smallest absolute Gasteiger partial charge is 0.326 e. The van der Waals surface area contributed by atoms with Crippen LogP contribution in [0, 0.1) is 0 Å². The molecule has 0 aliphatic carbocycles. The number of nitrogens with zero attached hydrogens (tertiary/aromatic N) is 2. The van der Waals surface area contributed by atoms with E-state index in [1.54, 1.807) is 24.3 Å². The molecule has 0 spiro atoms. The summed E-state index contributed by atoms with van der Waals surface area (Å²) in [4.78, 5) is 23.2. The van der Waals surface area contributed by atoms with Crippen molar-refractivity contribution in [2.45, 2.75) is 13.8 Å². The van der Waals surface area contributed by atoms with Gasteiger partial charge in [-0.05, 0) is 31.2 Å². The summed E-state index contributed by atoms with van der Waals surface area (Å²) in [6.07, 6.45) is 1.22. The summed E-state index contributed by atoms with van der Waals surface area (Å²) in [5, 5.41) is 5.26. The highest BCUT2D eigenvalue weighted by molar-refractivity contribution is 7.88. The molecule has 1 heterocycles. The van der Waals surface area contributed by atoms with E-state index in [-0.39, 0.29) is 17.2 Å². The maximum absolute atomic E-state index is 12.2. The Hall–Kier alpha value is -2.68. The lowest BCUT2D eigenvalue weighted by Crippen LogP contribution is -2.30. The number of anilines is 2. The lowest BCUT2D eigenvalue weighted by atomic mass is 10.1. The second kappa shape index (κ2) is 6.21. The molecule has 122 valence electrons. The molecule has 1 aromatic carbocycles. The molecular formula is C14H16N4O4S. The standard InChI is InChI=1S/C14H16N4O4S/c1-9-13(8-18(3)23(21,22)17-9)14(20)16-12-6-4-11(5-7-12)15-10(2)19/h4-8H,1-3H3,(H,15,19)(H,16,20). The number of rotatable bonds is 3. The van der Waals surface area contributed by atoms with Crippen LogP contribution >= 0.6 is 0 Å². The second-order valence-corrected chi connectivity index (χ2v) is 6.58. The minimum absolute atomic E-state index is 0.121. The molecule has 0 saturated heterocycles. The molecule has 2 rings (SSSR count). The van der Waals surface area contributed by atoms with Crippen LogP contribution in [0.15, 0.2) is 40.4 Å². The zero-order valence-corrected chi connectivity index (χ0v) is 13.6. The van der Waals surface area contributed by atoms with Crippen LogP contribution in [0.2, 0.25) is 0 Å². The third-order valence-corrected chi connectivity index (χ3v) is 4.36. The predicted molar refractivity (Wildman–Crippen MR) is 87.3 cm³/mol. The molecule has 8 nitrogen and oxygen atoms in total. The summed E-state index contributed by atoms with van der Waals surface area (Å²) in [7, 11) is -2.44. The first-order valence-electron chi connectivity index (χ1n) is 6.65. The van der Waals surface area contributed by atoms with Gasteiger partial charge in [0.05, 0.1) is 11.3 Å². The van der Waals surface area contributed by atoms with E-state index in [4.69, 9.17) is 0 Å². The number of benzene rings is 1. The van der Waals surface area contributed by atoms with Crippen molar-refractivity contribution < 1.29 is 18.0 Å². The largest absolute Gasteiger partial charge is 0.344 e. The summed E-state index contributed by atoms with van der Waals surface area (Å²) in [6.45, 7) is 2.85. The Bertz CT molecular complexity index is 810. The summed E-state index contributed by atoms with van der Waals surface area (Å²) in [5.74, 6) is -0.662. The molecule has 0 fully saturated rings. The van der Waals surface area contributed by atoms with Crippen LogP contribution in [0.3, 0.4) is 0 Å². The highest BCUT2D eigenvalue weighted by atomic mass is 32.2. The van der Waals surface area contributed by atoms with Gasteiger partial charge in [0.25, 0.3) is 5.91 Å². The molecule has 1 aliphatic heterocycles. The van der Waals surface area contributed by atoms with Crippen molar-refractivity contribution in [1.29, 1.82) is 0 Å². The average molecular weight is 336 g/mol. The molecule has 23 heavy (non-hydrogen) atoms. The van der Waals surface area contributed by atoms with Gasteiger partial charge in [-0.15, -0.1) is 4.40 Å². The fraction of sp³-hybridized carbons (Fsp3) is 0.214. The lowest BCUT2D eigenvalue weighted by molar-refractivity contribution is -0.114. The van der Waals surface area contributed by atoms with Crippen molar-refractivity contribution in [1.82, 2.24) is 4.31 Å². The Kier molecular flexibility index (Phi) is 4.50. The molecule has 2 N–H and O–H groups in total. The molecule has 1 aromatic rings. The van der Waals surface area contributed by atoms with Crippen LogP contribution in [-0.2, 0) is 19.8 Å². The summed E-state index contributed by atoms with van der Waals surface area (Å²) >= 11 is 0.